The Kier molecular flexibility index (Phi) is 1.24. The highest BCUT2D eigenvalue weighted by Crippen LogP contribution is 2.29. The molecule has 1 fully saturated rings. The van der Waals surface area contributed by atoms with Crippen LogP contribution in [0.25, 0.3) is 0 Å². The summed E-state index contributed by atoms with van der Waals surface area (Å²) in [6.07, 6.45) is 1.77. The van der Waals surface area contributed by atoms with Crippen LogP contribution in [0.5, 0.6) is 0 Å². The molecule has 1 aliphatic heterocycles. The molecule has 3 nitrogen and oxygen atoms in total. The minimum Gasteiger partial charge on any atom is -0.396 e. The number of nitrogens with two attached hydrogens (primary N) is 1. The first-order chi connectivity index (χ1) is 5.29. The zero-order chi connectivity index (χ0) is 7.84. The first-order valence-electron chi connectivity index (χ1n) is 3.76. The third-order valence-corrected chi connectivity index (χ3v) is 1.95. The average Bonchev–Trinajstić information content (AvgIpc) is 2.68. The molecule has 0 aromatic carbocycles. The molecular formula is C8H11N3. The summed E-state index contributed by atoms with van der Waals surface area (Å²) in [4.78, 5) is 6.37. The molecule has 2 N–H and O–H groups in total. The van der Waals surface area contributed by atoms with Crippen molar-refractivity contribution in [3.8, 4) is 0 Å². The van der Waals surface area contributed by atoms with Crippen LogP contribution in [0.3, 0.4) is 0 Å². The molecule has 2 rings (SSSR count). The first-order valence-corrected chi connectivity index (χ1v) is 3.76. The average molecular weight is 149 g/mol. The maximum atomic E-state index is 5.72. The summed E-state index contributed by atoms with van der Waals surface area (Å²) in [5, 5.41) is 0. The Labute approximate surface area is 65.8 Å². The molecule has 1 saturated heterocycles. The van der Waals surface area contributed by atoms with Crippen LogP contribution in [0.4, 0.5) is 11.5 Å². The second-order valence-electron chi connectivity index (χ2n) is 2.92. The van der Waals surface area contributed by atoms with Crippen LogP contribution in [-0.4, -0.2) is 17.6 Å². The predicted octanol–water partition coefficient (Wildman–Crippen LogP) is 0.872. The van der Waals surface area contributed by atoms with E-state index in [0.717, 1.165) is 18.1 Å². The van der Waals surface area contributed by atoms with Crippen molar-refractivity contribution in [2.24, 2.45) is 0 Å². The smallest absolute Gasteiger partial charge is 0.152 e. The van der Waals surface area contributed by atoms with Crippen LogP contribution in [0.1, 0.15) is 6.92 Å². The van der Waals surface area contributed by atoms with E-state index >= 15 is 0 Å². The third-order valence-electron chi connectivity index (χ3n) is 1.95. The van der Waals surface area contributed by atoms with Gasteiger partial charge in [-0.25, -0.2) is 4.98 Å². The van der Waals surface area contributed by atoms with Crippen molar-refractivity contribution in [3.05, 3.63) is 18.3 Å². The lowest BCUT2D eigenvalue weighted by atomic mass is 10.4. The van der Waals surface area contributed by atoms with Crippen LogP contribution in [-0.2, 0) is 0 Å². The summed E-state index contributed by atoms with van der Waals surface area (Å²) in [6.45, 7) is 3.25. The van der Waals surface area contributed by atoms with Gasteiger partial charge in [-0.15, -0.1) is 0 Å². The Morgan fingerprint density at radius 1 is 1.73 bits per heavy atom. The maximum absolute atomic E-state index is 5.72. The fourth-order valence-corrected chi connectivity index (χ4v) is 1.18. The summed E-state index contributed by atoms with van der Waals surface area (Å²) in [5.74, 6) is 0.931. The molecule has 0 amide bonds. The van der Waals surface area contributed by atoms with Crippen molar-refractivity contribution in [2.75, 3.05) is 17.2 Å². The van der Waals surface area contributed by atoms with E-state index in [0.29, 0.717) is 6.04 Å². The number of rotatable bonds is 1. The second-order valence-corrected chi connectivity index (χ2v) is 2.92. The van der Waals surface area contributed by atoms with E-state index < -0.39 is 0 Å². The molecule has 0 saturated carbocycles. The van der Waals surface area contributed by atoms with E-state index in [-0.39, 0.29) is 0 Å². The fourth-order valence-electron chi connectivity index (χ4n) is 1.18. The van der Waals surface area contributed by atoms with Crippen LogP contribution in [0.2, 0.25) is 0 Å². The van der Waals surface area contributed by atoms with Gasteiger partial charge in [-0.2, -0.15) is 0 Å². The summed E-state index contributed by atoms with van der Waals surface area (Å²) in [7, 11) is 0. The molecule has 0 unspecified atom stereocenters. The highest BCUT2D eigenvalue weighted by atomic mass is 15.3. The van der Waals surface area contributed by atoms with Gasteiger partial charge >= 0.3 is 0 Å². The topological polar surface area (TPSA) is 41.9 Å². The number of hydrogen-bond acceptors (Lipinski definition) is 3. The number of nitrogens with zero attached hydrogens (tertiary/aromatic N) is 2. The van der Waals surface area contributed by atoms with Crippen molar-refractivity contribution in [1.82, 2.24) is 4.98 Å². The zero-order valence-corrected chi connectivity index (χ0v) is 6.49. The van der Waals surface area contributed by atoms with Crippen molar-refractivity contribution in [3.63, 3.8) is 0 Å². The van der Waals surface area contributed by atoms with Crippen molar-refractivity contribution in [1.29, 1.82) is 0 Å². The number of hydrogen-bond donors (Lipinski definition) is 1. The predicted molar refractivity (Wildman–Crippen MR) is 45.5 cm³/mol. The van der Waals surface area contributed by atoms with E-state index in [4.69, 9.17) is 5.73 Å². The van der Waals surface area contributed by atoms with Gasteiger partial charge in [0.15, 0.2) is 5.82 Å². The maximum Gasteiger partial charge on any atom is 0.152 e. The number of nitrogen functional groups attached to an aromatic ring is 1. The zero-order valence-electron chi connectivity index (χ0n) is 6.49. The number of aromatic nitrogens is 1. The van der Waals surface area contributed by atoms with Gasteiger partial charge in [0.1, 0.15) is 0 Å². The molecule has 1 aromatic heterocycles. The molecule has 0 aliphatic carbocycles. The number of pyridine rings is 1. The molecular weight excluding hydrogens is 138 g/mol. The van der Waals surface area contributed by atoms with Gasteiger partial charge in [0.05, 0.1) is 5.69 Å². The lowest BCUT2D eigenvalue weighted by Gasteiger charge is -2.04. The quantitative estimate of drug-likeness (QED) is 0.602. The van der Waals surface area contributed by atoms with Gasteiger partial charge in [-0.3, -0.25) is 0 Å². The van der Waals surface area contributed by atoms with E-state index in [1.54, 1.807) is 6.20 Å². The Morgan fingerprint density at radius 2 is 2.45 bits per heavy atom. The van der Waals surface area contributed by atoms with Gasteiger partial charge < -0.3 is 10.6 Å². The van der Waals surface area contributed by atoms with Crippen LogP contribution >= 0.6 is 0 Å². The van der Waals surface area contributed by atoms with E-state index in [2.05, 4.69) is 16.8 Å². The molecule has 58 valence electrons. The summed E-state index contributed by atoms with van der Waals surface area (Å²) in [6, 6.07) is 4.35. The standard InChI is InChI=1S/C8H11N3/c1-6-5-11(6)8-7(9)3-2-4-10-8/h2-4,6H,5,9H2,1H3/t6-,11?/m0/s1. The van der Waals surface area contributed by atoms with Gasteiger partial charge in [-0.1, -0.05) is 0 Å². The van der Waals surface area contributed by atoms with Crippen molar-refractivity contribution < 1.29 is 0 Å². The second kappa shape index (κ2) is 2.12. The monoisotopic (exact) mass is 149 g/mol. The van der Waals surface area contributed by atoms with E-state index in [1.165, 1.54) is 0 Å². The summed E-state index contributed by atoms with van der Waals surface area (Å²) < 4.78 is 0. The minimum atomic E-state index is 0.618. The molecule has 0 spiro atoms. The van der Waals surface area contributed by atoms with Crippen LogP contribution in [0.15, 0.2) is 18.3 Å². The highest BCUT2D eigenvalue weighted by Gasteiger charge is 2.31. The van der Waals surface area contributed by atoms with Crippen LogP contribution < -0.4 is 10.6 Å². The van der Waals surface area contributed by atoms with E-state index in [1.807, 2.05) is 12.1 Å². The Hall–Kier alpha value is -1.25. The molecule has 1 atom stereocenters. The normalized spacial score (nSPS) is 21.9. The Bertz CT molecular complexity index is 272. The summed E-state index contributed by atoms with van der Waals surface area (Å²) in [5.41, 5.74) is 6.49. The molecule has 0 radical (unpaired) electrons. The van der Waals surface area contributed by atoms with Crippen LogP contribution in [0, 0.1) is 0 Å². The van der Waals surface area contributed by atoms with Gasteiger partial charge in [-0.05, 0) is 19.1 Å². The summed E-state index contributed by atoms with van der Waals surface area (Å²) >= 11 is 0. The lowest BCUT2D eigenvalue weighted by Crippen LogP contribution is -2.01. The molecule has 2 heterocycles. The molecule has 3 heteroatoms. The van der Waals surface area contributed by atoms with Crippen molar-refractivity contribution >= 4 is 11.5 Å². The third kappa shape index (κ3) is 1.02. The fraction of sp³-hybridized carbons (Fsp3) is 0.375. The Balaban J connectivity index is 2.31. The van der Waals surface area contributed by atoms with Crippen molar-refractivity contribution in [2.45, 2.75) is 13.0 Å². The Morgan fingerprint density at radius 3 is 3.00 bits per heavy atom. The lowest BCUT2D eigenvalue weighted by molar-refractivity contribution is 1.11. The van der Waals surface area contributed by atoms with Gasteiger partial charge in [0, 0.05) is 18.8 Å². The minimum absolute atomic E-state index is 0.618. The molecule has 11 heavy (non-hydrogen) atoms. The van der Waals surface area contributed by atoms with Gasteiger partial charge in [0.2, 0.25) is 0 Å². The molecule has 1 aliphatic rings. The van der Waals surface area contributed by atoms with Gasteiger partial charge in [0.25, 0.3) is 0 Å². The first kappa shape index (κ1) is 6.46. The highest BCUT2D eigenvalue weighted by molar-refractivity contribution is 5.65. The molecule has 0 bridgehead atoms. The largest absolute Gasteiger partial charge is 0.396 e. The van der Waals surface area contributed by atoms with E-state index in [9.17, 15) is 0 Å². The SMILES string of the molecule is C[C@H]1CN1c1ncccc1N. The number of anilines is 2. The molecule has 1 aromatic rings.